The Morgan fingerprint density at radius 2 is 2.04 bits per heavy atom. The number of benzene rings is 1. The highest BCUT2D eigenvalue weighted by molar-refractivity contribution is 5.43. The first kappa shape index (κ1) is 14.6. The van der Waals surface area contributed by atoms with E-state index in [-0.39, 0.29) is 0 Å². The van der Waals surface area contributed by atoms with Crippen LogP contribution in [0.4, 0.5) is 0 Å². The molecule has 0 amide bonds. The van der Waals surface area contributed by atoms with Crippen molar-refractivity contribution in [2.75, 3.05) is 19.8 Å². The molecule has 2 aromatic rings. The van der Waals surface area contributed by atoms with Crippen molar-refractivity contribution in [3.05, 3.63) is 41.5 Å². The lowest BCUT2D eigenvalue weighted by molar-refractivity contribution is 0.171. The van der Waals surface area contributed by atoms with Crippen LogP contribution in [-0.4, -0.2) is 29.3 Å². The van der Waals surface area contributed by atoms with Gasteiger partial charge in [-0.15, -0.1) is 0 Å². The van der Waals surface area contributed by atoms with E-state index in [0.29, 0.717) is 13.2 Å². The van der Waals surface area contributed by atoms with Crippen LogP contribution in [0.2, 0.25) is 0 Å². The van der Waals surface area contributed by atoms with Gasteiger partial charge in [0.05, 0.1) is 5.69 Å². The molecule has 0 fully saturated rings. The number of fused-ring (bicyclic) bond motifs is 2. The second kappa shape index (κ2) is 6.62. The van der Waals surface area contributed by atoms with Crippen LogP contribution in [0.3, 0.4) is 0 Å². The Kier molecular flexibility index (Phi) is 4.20. The van der Waals surface area contributed by atoms with Crippen LogP contribution in [0.5, 0.6) is 11.5 Å². The molecule has 0 radical (unpaired) electrons. The van der Waals surface area contributed by atoms with Gasteiger partial charge in [-0.25, -0.2) is 4.98 Å². The van der Waals surface area contributed by atoms with Gasteiger partial charge >= 0.3 is 0 Å². The summed E-state index contributed by atoms with van der Waals surface area (Å²) in [6, 6.07) is 6.15. The Labute approximate surface area is 136 Å². The van der Waals surface area contributed by atoms with E-state index in [1.807, 2.05) is 6.07 Å². The molecular formula is C18H23N3O2. The molecule has 2 aliphatic heterocycles. The number of nitrogens with one attached hydrogen (secondary N) is 1. The molecule has 5 heteroatoms. The van der Waals surface area contributed by atoms with Gasteiger partial charge in [-0.3, -0.25) is 0 Å². The first-order valence-electron chi connectivity index (χ1n) is 8.53. The molecule has 0 aliphatic carbocycles. The van der Waals surface area contributed by atoms with Crippen molar-refractivity contribution < 1.29 is 9.47 Å². The molecule has 3 heterocycles. The highest BCUT2D eigenvalue weighted by Crippen LogP contribution is 2.30. The summed E-state index contributed by atoms with van der Waals surface area (Å²) in [5, 5.41) is 3.49. The average molecular weight is 313 g/mol. The Hall–Kier alpha value is -2.01. The third-order valence-electron chi connectivity index (χ3n) is 4.45. The normalized spacial score (nSPS) is 16.2. The minimum Gasteiger partial charge on any atom is -0.486 e. The molecular weight excluding hydrogens is 290 g/mol. The molecule has 0 atom stereocenters. The highest BCUT2D eigenvalue weighted by Gasteiger charge is 2.13. The van der Waals surface area contributed by atoms with Crippen LogP contribution in [0, 0.1) is 0 Å². The van der Waals surface area contributed by atoms with Crippen molar-refractivity contribution >= 4 is 0 Å². The van der Waals surface area contributed by atoms with Crippen molar-refractivity contribution in [1.29, 1.82) is 0 Å². The zero-order valence-corrected chi connectivity index (χ0v) is 13.4. The molecule has 122 valence electrons. The van der Waals surface area contributed by atoms with Crippen molar-refractivity contribution in [2.45, 2.75) is 38.8 Å². The highest BCUT2D eigenvalue weighted by atomic mass is 16.6. The third-order valence-corrected chi connectivity index (χ3v) is 4.45. The molecule has 4 rings (SSSR count). The van der Waals surface area contributed by atoms with E-state index in [1.165, 1.54) is 29.9 Å². The van der Waals surface area contributed by atoms with Gasteiger partial charge in [0, 0.05) is 38.7 Å². The first-order chi connectivity index (χ1) is 11.4. The number of rotatable bonds is 5. The molecule has 0 unspecified atom stereocenters. The molecule has 2 aliphatic rings. The number of aromatic nitrogens is 2. The van der Waals surface area contributed by atoms with Crippen LogP contribution in [0.25, 0.3) is 0 Å². The van der Waals surface area contributed by atoms with Crippen LogP contribution in [-0.2, 0) is 25.9 Å². The third kappa shape index (κ3) is 3.34. The van der Waals surface area contributed by atoms with Gasteiger partial charge in [0.2, 0.25) is 0 Å². The van der Waals surface area contributed by atoms with Crippen LogP contribution < -0.4 is 14.8 Å². The zero-order chi connectivity index (χ0) is 15.5. The van der Waals surface area contributed by atoms with E-state index in [4.69, 9.17) is 14.5 Å². The van der Waals surface area contributed by atoms with Gasteiger partial charge in [0.1, 0.15) is 19.0 Å². The molecule has 0 saturated carbocycles. The van der Waals surface area contributed by atoms with Gasteiger partial charge in [0.25, 0.3) is 0 Å². The Balaban J connectivity index is 1.28. The van der Waals surface area contributed by atoms with Crippen LogP contribution in [0.1, 0.15) is 29.9 Å². The molecule has 1 N–H and O–H groups in total. The summed E-state index contributed by atoms with van der Waals surface area (Å²) in [7, 11) is 0. The van der Waals surface area contributed by atoms with E-state index in [0.717, 1.165) is 44.0 Å². The SMILES string of the molecule is c1cc2c(cc1CNCCc1cn3c(n1)CCCC3)OCCO2. The predicted molar refractivity (Wildman–Crippen MR) is 88.0 cm³/mol. The predicted octanol–water partition coefficient (Wildman–Crippen LogP) is 2.32. The topological polar surface area (TPSA) is 48.3 Å². The van der Waals surface area contributed by atoms with E-state index in [1.54, 1.807) is 0 Å². The average Bonchev–Trinajstić information content (AvgIpc) is 3.01. The summed E-state index contributed by atoms with van der Waals surface area (Å²) in [6.07, 6.45) is 6.89. The van der Waals surface area contributed by atoms with Gasteiger partial charge in [-0.05, 0) is 30.5 Å². The van der Waals surface area contributed by atoms with E-state index >= 15 is 0 Å². The summed E-state index contributed by atoms with van der Waals surface area (Å²) >= 11 is 0. The maximum absolute atomic E-state index is 5.62. The van der Waals surface area contributed by atoms with E-state index in [2.05, 4.69) is 28.2 Å². The minimum absolute atomic E-state index is 0.634. The zero-order valence-electron chi connectivity index (χ0n) is 13.4. The first-order valence-corrected chi connectivity index (χ1v) is 8.53. The molecule has 0 saturated heterocycles. The van der Waals surface area contributed by atoms with Gasteiger partial charge in [-0.1, -0.05) is 6.07 Å². The van der Waals surface area contributed by atoms with Crippen molar-refractivity contribution in [1.82, 2.24) is 14.9 Å². The van der Waals surface area contributed by atoms with E-state index in [9.17, 15) is 0 Å². The summed E-state index contributed by atoms with van der Waals surface area (Å²) in [5.74, 6) is 2.97. The van der Waals surface area contributed by atoms with Gasteiger partial charge in [0.15, 0.2) is 11.5 Å². The molecule has 0 spiro atoms. The molecule has 23 heavy (non-hydrogen) atoms. The van der Waals surface area contributed by atoms with Gasteiger partial charge < -0.3 is 19.4 Å². The summed E-state index contributed by atoms with van der Waals surface area (Å²) in [5.41, 5.74) is 2.43. The minimum atomic E-state index is 0.634. The molecule has 5 nitrogen and oxygen atoms in total. The summed E-state index contributed by atoms with van der Waals surface area (Å²) in [6.45, 7) is 4.18. The van der Waals surface area contributed by atoms with E-state index < -0.39 is 0 Å². The number of hydrogen-bond donors (Lipinski definition) is 1. The summed E-state index contributed by atoms with van der Waals surface area (Å²) < 4.78 is 13.5. The van der Waals surface area contributed by atoms with Crippen molar-refractivity contribution in [2.24, 2.45) is 0 Å². The molecule has 0 bridgehead atoms. The number of imidazole rings is 1. The molecule has 1 aromatic heterocycles. The maximum Gasteiger partial charge on any atom is 0.161 e. The fraction of sp³-hybridized carbons (Fsp3) is 0.500. The number of nitrogens with zero attached hydrogens (tertiary/aromatic N) is 2. The lowest BCUT2D eigenvalue weighted by Crippen LogP contribution is -2.18. The lowest BCUT2D eigenvalue weighted by Gasteiger charge is -2.18. The fourth-order valence-corrected chi connectivity index (χ4v) is 3.24. The smallest absolute Gasteiger partial charge is 0.161 e. The second-order valence-corrected chi connectivity index (χ2v) is 6.20. The fourth-order valence-electron chi connectivity index (χ4n) is 3.24. The van der Waals surface area contributed by atoms with Gasteiger partial charge in [-0.2, -0.15) is 0 Å². The number of hydrogen-bond acceptors (Lipinski definition) is 4. The second-order valence-electron chi connectivity index (χ2n) is 6.20. The maximum atomic E-state index is 5.62. The van der Waals surface area contributed by atoms with Crippen molar-refractivity contribution in [3.63, 3.8) is 0 Å². The Bertz CT molecular complexity index is 657. The lowest BCUT2D eigenvalue weighted by atomic mass is 10.2. The molecule has 1 aromatic carbocycles. The quantitative estimate of drug-likeness (QED) is 0.861. The number of aryl methyl sites for hydroxylation is 2. The van der Waals surface area contributed by atoms with Crippen LogP contribution in [0.15, 0.2) is 24.4 Å². The largest absolute Gasteiger partial charge is 0.486 e. The Morgan fingerprint density at radius 3 is 2.96 bits per heavy atom. The summed E-state index contributed by atoms with van der Waals surface area (Å²) in [4.78, 5) is 4.74. The number of ether oxygens (including phenoxy) is 2. The van der Waals surface area contributed by atoms with Crippen LogP contribution >= 0.6 is 0 Å². The van der Waals surface area contributed by atoms with Crippen molar-refractivity contribution in [3.8, 4) is 11.5 Å². The monoisotopic (exact) mass is 313 g/mol. The Morgan fingerprint density at radius 1 is 1.13 bits per heavy atom. The standard InChI is InChI=1S/C18H23N3O2/c1-2-8-21-13-15(20-18(21)3-1)6-7-19-12-14-4-5-16-17(11-14)23-10-9-22-16/h4-5,11,13,19H,1-3,6-10,12H2.